The number of ether oxygens (including phenoxy) is 1. The molecule has 2 saturated heterocycles. The van der Waals surface area contributed by atoms with Gasteiger partial charge in [0.15, 0.2) is 0 Å². The minimum absolute atomic E-state index is 0.157. The topological polar surface area (TPSA) is 94.2 Å². The first-order valence-electron chi connectivity index (χ1n) is 10.5. The third-order valence-corrected chi connectivity index (χ3v) is 6.68. The summed E-state index contributed by atoms with van der Waals surface area (Å²) >= 11 is 1.13. The average molecular weight is 446 g/mol. The molecule has 9 nitrogen and oxygen atoms in total. The summed E-state index contributed by atoms with van der Waals surface area (Å²) in [6, 6.07) is 6.72. The smallest absolute Gasteiger partial charge is 0.328 e. The van der Waals surface area contributed by atoms with Gasteiger partial charge in [-0.05, 0) is 30.5 Å². The number of hydrogen-bond donors (Lipinski definition) is 2. The Morgan fingerprint density at radius 1 is 1.23 bits per heavy atom. The van der Waals surface area contributed by atoms with Crippen molar-refractivity contribution in [3.63, 3.8) is 0 Å². The van der Waals surface area contributed by atoms with Crippen LogP contribution in [0.5, 0.6) is 5.75 Å². The second-order valence-corrected chi connectivity index (χ2v) is 8.50. The largest absolute Gasteiger partial charge is 0.497 e. The molecule has 3 heterocycles. The number of carbonyl (C=O) groups is 3. The van der Waals surface area contributed by atoms with Gasteiger partial charge < -0.3 is 19.9 Å². The van der Waals surface area contributed by atoms with Gasteiger partial charge in [-0.2, -0.15) is 0 Å². The number of imide groups is 1. The van der Waals surface area contributed by atoms with Gasteiger partial charge in [-0.1, -0.05) is 19.4 Å². The molecule has 2 fully saturated rings. The average Bonchev–Trinajstić information content (AvgIpc) is 3.22. The molecule has 0 saturated carbocycles. The summed E-state index contributed by atoms with van der Waals surface area (Å²) in [5, 5.41) is 2.78. The number of nitrogens with one attached hydrogen (secondary N) is 2. The second-order valence-electron chi connectivity index (χ2n) is 7.65. The number of methoxy groups -OCH3 is 1. The first kappa shape index (κ1) is 21.5. The van der Waals surface area contributed by atoms with Crippen LogP contribution in [0.1, 0.15) is 19.8 Å². The number of amides is 4. The molecule has 0 bridgehead atoms. The lowest BCUT2D eigenvalue weighted by Crippen LogP contribution is -2.58. The maximum Gasteiger partial charge on any atom is 0.328 e. The van der Waals surface area contributed by atoms with Crippen LogP contribution in [0.25, 0.3) is 0 Å². The molecule has 0 spiro atoms. The molecule has 4 amide bonds. The van der Waals surface area contributed by atoms with Crippen LogP contribution in [0.3, 0.4) is 0 Å². The normalized spacial score (nSPS) is 21.4. The van der Waals surface area contributed by atoms with E-state index >= 15 is 0 Å². The number of anilines is 1. The number of hydrogen-bond acceptors (Lipinski definition) is 7. The standard InChI is InChI=1S/C21H27N5O4S/c1-3-4-8-26-19(27)17-16(22-21(26)29)18(31-23-17)20(28)25-11-9-24(10-12-25)14-6-5-7-15(13-14)30-2/h5-7,13,17,23H,3-4,8-12H2,1-2H3,(H,22,29). The van der Waals surface area contributed by atoms with Crippen molar-refractivity contribution in [2.75, 3.05) is 44.7 Å². The highest BCUT2D eigenvalue weighted by molar-refractivity contribution is 8.02. The van der Waals surface area contributed by atoms with Gasteiger partial charge in [-0.3, -0.25) is 14.5 Å². The zero-order chi connectivity index (χ0) is 22.0. The van der Waals surface area contributed by atoms with Gasteiger partial charge in [0.25, 0.3) is 11.8 Å². The first-order valence-corrected chi connectivity index (χ1v) is 11.3. The Hall–Kier alpha value is -2.72. The van der Waals surface area contributed by atoms with E-state index in [1.807, 2.05) is 31.2 Å². The maximum atomic E-state index is 13.2. The number of urea groups is 1. The van der Waals surface area contributed by atoms with E-state index in [2.05, 4.69) is 14.9 Å². The van der Waals surface area contributed by atoms with Crippen LogP contribution in [-0.4, -0.2) is 73.5 Å². The molecule has 166 valence electrons. The van der Waals surface area contributed by atoms with Gasteiger partial charge >= 0.3 is 6.03 Å². The number of fused-ring (bicyclic) bond motifs is 1. The zero-order valence-corrected chi connectivity index (χ0v) is 18.5. The highest BCUT2D eigenvalue weighted by Crippen LogP contribution is 2.32. The number of piperazine rings is 1. The molecule has 10 heteroatoms. The van der Waals surface area contributed by atoms with Crippen LogP contribution >= 0.6 is 11.9 Å². The third-order valence-electron chi connectivity index (χ3n) is 5.73. The fourth-order valence-electron chi connectivity index (χ4n) is 3.91. The summed E-state index contributed by atoms with van der Waals surface area (Å²) in [4.78, 5) is 43.9. The van der Waals surface area contributed by atoms with E-state index in [1.54, 1.807) is 12.0 Å². The lowest BCUT2D eigenvalue weighted by atomic mass is 10.1. The molecule has 1 aromatic carbocycles. The van der Waals surface area contributed by atoms with Crippen molar-refractivity contribution < 1.29 is 19.1 Å². The molecule has 3 aliphatic rings. The summed E-state index contributed by atoms with van der Waals surface area (Å²) in [6.07, 6.45) is 1.64. The minimum Gasteiger partial charge on any atom is -0.497 e. The number of benzene rings is 1. The summed E-state index contributed by atoms with van der Waals surface area (Å²) in [6.45, 7) is 4.89. The molecule has 1 unspecified atom stereocenters. The quantitative estimate of drug-likeness (QED) is 0.642. The van der Waals surface area contributed by atoms with E-state index in [-0.39, 0.29) is 11.8 Å². The predicted molar refractivity (Wildman–Crippen MR) is 118 cm³/mol. The highest BCUT2D eigenvalue weighted by Gasteiger charge is 2.44. The second kappa shape index (κ2) is 9.19. The van der Waals surface area contributed by atoms with Crippen LogP contribution < -0.4 is 19.7 Å². The van der Waals surface area contributed by atoms with Gasteiger partial charge in [0.05, 0.1) is 12.8 Å². The molecule has 0 aromatic heterocycles. The van der Waals surface area contributed by atoms with Crippen LogP contribution in [0.2, 0.25) is 0 Å². The lowest BCUT2D eigenvalue weighted by Gasteiger charge is -2.36. The van der Waals surface area contributed by atoms with E-state index in [9.17, 15) is 14.4 Å². The van der Waals surface area contributed by atoms with Crippen LogP contribution in [0.15, 0.2) is 34.9 Å². The zero-order valence-electron chi connectivity index (χ0n) is 17.7. The van der Waals surface area contributed by atoms with Crippen molar-refractivity contribution >= 4 is 35.5 Å². The number of carbonyl (C=O) groups excluding carboxylic acids is 3. The van der Waals surface area contributed by atoms with E-state index in [4.69, 9.17) is 4.74 Å². The van der Waals surface area contributed by atoms with Gasteiger partial charge in [0.1, 0.15) is 16.7 Å². The summed E-state index contributed by atoms with van der Waals surface area (Å²) in [5.74, 6) is 0.342. The van der Waals surface area contributed by atoms with Crippen molar-refractivity contribution in [1.82, 2.24) is 19.8 Å². The molecule has 4 rings (SSSR count). The van der Waals surface area contributed by atoms with Gasteiger partial charge in [0.2, 0.25) is 0 Å². The van der Waals surface area contributed by atoms with E-state index in [1.165, 1.54) is 4.90 Å². The molecule has 3 aliphatic heterocycles. The molecular formula is C21H27N5O4S. The molecule has 31 heavy (non-hydrogen) atoms. The monoisotopic (exact) mass is 445 g/mol. The van der Waals surface area contributed by atoms with Crippen LogP contribution in [0.4, 0.5) is 10.5 Å². The molecule has 0 radical (unpaired) electrons. The molecule has 0 aliphatic carbocycles. The SMILES string of the molecule is CCCCN1C(=O)NC2=C(C(=O)N3CCN(c4cccc(OC)c4)CC3)SNC2C1=O. The van der Waals surface area contributed by atoms with Gasteiger partial charge in [0, 0.05) is 44.5 Å². The predicted octanol–water partition coefficient (Wildman–Crippen LogP) is 1.53. The first-order chi connectivity index (χ1) is 15.0. The highest BCUT2D eigenvalue weighted by atomic mass is 32.2. The molecule has 1 aromatic rings. The van der Waals surface area contributed by atoms with Crippen molar-refractivity contribution in [2.24, 2.45) is 0 Å². The van der Waals surface area contributed by atoms with Crippen molar-refractivity contribution in [3.8, 4) is 5.75 Å². The molecular weight excluding hydrogens is 418 g/mol. The van der Waals surface area contributed by atoms with Crippen molar-refractivity contribution in [2.45, 2.75) is 25.8 Å². The minimum atomic E-state index is -0.684. The molecule has 1 atom stereocenters. The maximum absolute atomic E-state index is 13.2. The molecule has 2 N–H and O–H groups in total. The summed E-state index contributed by atoms with van der Waals surface area (Å²) < 4.78 is 8.31. The van der Waals surface area contributed by atoms with Gasteiger partial charge in [-0.15, -0.1) is 0 Å². The Balaban J connectivity index is 1.42. The fourth-order valence-corrected chi connectivity index (χ4v) is 4.86. The fraction of sp³-hybridized carbons (Fsp3) is 0.476. The van der Waals surface area contributed by atoms with Gasteiger partial charge in [-0.25, -0.2) is 9.52 Å². The Bertz CT molecular complexity index is 913. The Morgan fingerprint density at radius 3 is 2.71 bits per heavy atom. The van der Waals surface area contributed by atoms with E-state index < -0.39 is 12.1 Å². The number of nitrogens with zero attached hydrogens (tertiary/aromatic N) is 3. The summed E-state index contributed by atoms with van der Waals surface area (Å²) in [7, 11) is 1.64. The number of rotatable bonds is 6. The van der Waals surface area contributed by atoms with E-state index in [0.29, 0.717) is 43.3 Å². The Morgan fingerprint density at radius 2 is 2.00 bits per heavy atom. The Kier molecular flexibility index (Phi) is 6.38. The Labute approximate surface area is 185 Å². The lowest BCUT2D eigenvalue weighted by molar-refractivity contribution is -0.130. The van der Waals surface area contributed by atoms with E-state index in [0.717, 1.165) is 36.2 Å². The third kappa shape index (κ3) is 4.22. The summed E-state index contributed by atoms with van der Waals surface area (Å²) in [5.41, 5.74) is 1.44. The van der Waals surface area contributed by atoms with Crippen molar-refractivity contribution in [3.05, 3.63) is 34.9 Å². The number of unbranched alkanes of at least 4 members (excludes halogenated alkanes) is 1. The van der Waals surface area contributed by atoms with Crippen LogP contribution in [-0.2, 0) is 9.59 Å². The van der Waals surface area contributed by atoms with Crippen molar-refractivity contribution in [1.29, 1.82) is 0 Å². The van der Waals surface area contributed by atoms with Crippen LogP contribution in [0, 0.1) is 0 Å².